The van der Waals surface area contributed by atoms with Crippen molar-refractivity contribution in [2.24, 2.45) is 0 Å². The normalized spacial score (nSPS) is 10.0. The Labute approximate surface area is 258 Å². The third kappa shape index (κ3) is 30.4. The molecule has 6 heteroatoms. The first-order valence-corrected chi connectivity index (χ1v) is 11.0. The van der Waals surface area contributed by atoms with E-state index in [4.69, 9.17) is 9.84 Å². The molecular formula is C22H44K2O4. The summed E-state index contributed by atoms with van der Waals surface area (Å²) in [5, 5.41) is 8.47. The average molecular weight is 451 g/mol. The molecule has 0 atom stereocenters. The minimum absolute atomic E-state index is 0. The van der Waals surface area contributed by atoms with Crippen LogP contribution in [-0.2, 0) is 14.3 Å². The number of rotatable bonds is 20. The monoisotopic (exact) mass is 450 g/mol. The first-order chi connectivity index (χ1) is 12.7. The molecule has 0 amide bonds. The second-order valence-electron chi connectivity index (χ2n) is 7.42. The summed E-state index contributed by atoms with van der Waals surface area (Å²) in [5.74, 6) is -1.35. The van der Waals surface area contributed by atoms with E-state index in [1.54, 1.807) is 0 Å². The van der Waals surface area contributed by atoms with Crippen molar-refractivity contribution < 1.29 is 19.4 Å². The van der Waals surface area contributed by atoms with Gasteiger partial charge in [-0.05, 0) is 6.42 Å². The molecule has 0 saturated carbocycles. The van der Waals surface area contributed by atoms with Gasteiger partial charge in [0, 0.05) is 0 Å². The van der Waals surface area contributed by atoms with Gasteiger partial charge in [0.05, 0.1) is 19.4 Å². The standard InChI is InChI=1S/C22H42O4.2K.2H/c1-2-3-4-5-6-7-8-9-10-11-12-13-14-15-16-17-20-26-22(25)19-18-21(23)24;;;;/h2-20H2,1H3,(H,23,24);;;;. The average Bonchev–Trinajstić information content (AvgIpc) is 2.62. The van der Waals surface area contributed by atoms with Gasteiger partial charge in [0.15, 0.2) is 0 Å². The van der Waals surface area contributed by atoms with E-state index in [0.29, 0.717) is 6.61 Å². The van der Waals surface area contributed by atoms with Crippen LogP contribution in [0.3, 0.4) is 0 Å². The molecule has 0 aromatic rings. The third-order valence-corrected chi connectivity index (χ3v) is 4.80. The fourth-order valence-electron chi connectivity index (χ4n) is 3.12. The Morgan fingerprint density at radius 3 is 1.32 bits per heavy atom. The van der Waals surface area contributed by atoms with Crippen LogP contribution in [0.2, 0.25) is 0 Å². The van der Waals surface area contributed by atoms with Crippen LogP contribution in [0.4, 0.5) is 0 Å². The number of hydrogen-bond acceptors (Lipinski definition) is 3. The van der Waals surface area contributed by atoms with Gasteiger partial charge >= 0.3 is 115 Å². The van der Waals surface area contributed by atoms with Gasteiger partial charge in [-0.1, -0.05) is 103 Å². The maximum atomic E-state index is 11.2. The van der Waals surface area contributed by atoms with Gasteiger partial charge < -0.3 is 9.84 Å². The summed E-state index contributed by atoms with van der Waals surface area (Å²) in [7, 11) is 0. The van der Waals surface area contributed by atoms with Crippen molar-refractivity contribution in [3.63, 3.8) is 0 Å². The molecule has 4 nitrogen and oxygen atoms in total. The van der Waals surface area contributed by atoms with Crippen LogP contribution >= 0.6 is 0 Å². The molecule has 28 heavy (non-hydrogen) atoms. The van der Waals surface area contributed by atoms with Gasteiger partial charge in [-0.2, -0.15) is 0 Å². The first-order valence-electron chi connectivity index (χ1n) is 11.0. The maximum absolute atomic E-state index is 11.2. The van der Waals surface area contributed by atoms with Crippen LogP contribution < -0.4 is 0 Å². The van der Waals surface area contributed by atoms with E-state index < -0.39 is 11.9 Å². The predicted octanol–water partition coefficient (Wildman–Crippen LogP) is 5.36. The van der Waals surface area contributed by atoms with Gasteiger partial charge in [0.2, 0.25) is 0 Å². The number of aliphatic carboxylic acids is 1. The molecule has 0 heterocycles. The number of unbranched alkanes of at least 4 members (excludes halogenated alkanes) is 15. The Morgan fingerprint density at radius 2 is 0.964 bits per heavy atom. The van der Waals surface area contributed by atoms with E-state index >= 15 is 0 Å². The topological polar surface area (TPSA) is 63.6 Å². The van der Waals surface area contributed by atoms with Crippen molar-refractivity contribution in [1.82, 2.24) is 0 Å². The Kier molecular flexibility index (Phi) is 36.3. The summed E-state index contributed by atoms with van der Waals surface area (Å²) in [4.78, 5) is 21.6. The van der Waals surface area contributed by atoms with Crippen LogP contribution in [-0.4, -0.2) is 126 Å². The van der Waals surface area contributed by atoms with Crippen molar-refractivity contribution in [2.75, 3.05) is 6.61 Å². The van der Waals surface area contributed by atoms with Crippen LogP contribution in [0, 0.1) is 0 Å². The van der Waals surface area contributed by atoms with Crippen LogP contribution in [0.5, 0.6) is 0 Å². The predicted molar refractivity (Wildman–Crippen MR) is 122 cm³/mol. The Bertz CT molecular complexity index is 338. The molecular weight excluding hydrogens is 406 g/mol. The molecule has 0 spiro atoms. The second kappa shape index (κ2) is 29.2. The van der Waals surface area contributed by atoms with Crippen molar-refractivity contribution in [3.05, 3.63) is 0 Å². The zero-order valence-corrected chi connectivity index (χ0v) is 17.1. The molecule has 0 unspecified atom stereocenters. The molecule has 158 valence electrons. The molecule has 0 saturated heterocycles. The van der Waals surface area contributed by atoms with Crippen molar-refractivity contribution in [1.29, 1.82) is 0 Å². The van der Waals surface area contributed by atoms with E-state index in [2.05, 4.69) is 6.92 Å². The zero-order valence-electron chi connectivity index (χ0n) is 17.1. The summed E-state index contributed by atoms with van der Waals surface area (Å²) < 4.78 is 5.01. The SMILES string of the molecule is CCCCCCCCCCCCCCCCCCOC(=O)CCC(=O)O.[KH].[KH]. The van der Waals surface area contributed by atoms with E-state index in [0.717, 1.165) is 12.8 Å². The number of hydrogen-bond donors (Lipinski definition) is 1. The van der Waals surface area contributed by atoms with E-state index in [1.165, 1.54) is 89.9 Å². The Hall–Kier alpha value is 2.21. The molecule has 0 aliphatic rings. The van der Waals surface area contributed by atoms with Crippen molar-refractivity contribution in [3.8, 4) is 0 Å². The Morgan fingerprint density at radius 1 is 0.607 bits per heavy atom. The van der Waals surface area contributed by atoms with Crippen LogP contribution in [0.25, 0.3) is 0 Å². The van der Waals surface area contributed by atoms with Gasteiger partial charge in [-0.15, -0.1) is 0 Å². The molecule has 1 N–H and O–H groups in total. The van der Waals surface area contributed by atoms with Gasteiger partial charge in [0.1, 0.15) is 0 Å². The van der Waals surface area contributed by atoms with Gasteiger partial charge in [0.25, 0.3) is 0 Å². The number of carboxylic acids is 1. The fourth-order valence-corrected chi connectivity index (χ4v) is 3.12. The fraction of sp³-hybridized carbons (Fsp3) is 0.909. The number of carbonyl (C=O) groups is 2. The summed E-state index contributed by atoms with van der Waals surface area (Å²) in [6.07, 6.45) is 21.0. The molecule has 0 radical (unpaired) electrons. The quantitative estimate of drug-likeness (QED) is 0.154. The number of esters is 1. The first kappa shape index (κ1) is 34.8. The number of carboxylic acid groups (broad SMARTS) is 1. The zero-order chi connectivity index (χ0) is 19.3. The summed E-state index contributed by atoms with van der Waals surface area (Å²) in [6.45, 7) is 2.70. The third-order valence-electron chi connectivity index (χ3n) is 4.80. The molecule has 0 rings (SSSR count). The molecule has 0 aromatic heterocycles. The van der Waals surface area contributed by atoms with E-state index in [-0.39, 0.29) is 116 Å². The summed E-state index contributed by atoms with van der Waals surface area (Å²) in [5.41, 5.74) is 0. The number of carbonyl (C=O) groups excluding carboxylic acids is 1. The minimum atomic E-state index is -0.954. The Balaban J connectivity index is -0.00000312. The molecule has 0 aromatic carbocycles. The second-order valence-corrected chi connectivity index (χ2v) is 7.42. The summed E-state index contributed by atoms with van der Waals surface area (Å²) in [6, 6.07) is 0. The molecule has 0 aliphatic heterocycles. The molecule has 0 fully saturated rings. The van der Waals surface area contributed by atoms with E-state index in [9.17, 15) is 9.59 Å². The van der Waals surface area contributed by atoms with E-state index in [1.807, 2.05) is 0 Å². The van der Waals surface area contributed by atoms with Gasteiger partial charge in [-0.25, -0.2) is 0 Å². The van der Waals surface area contributed by atoms with Crippen LogP contribution in [0.1, 0.15) is 122 Å². The summed E-state index contributed by atoms with van der Waals surface area (Å²) >= 11 is 0. The molecule has 0 bridgehead atoms. The molecule has 0 aliphatic carbocycles. The van der Waals surface area contributed by atoms with Gasteiger partial charge in [-0.3, -0.25) is 9.59 Å². The number of ether oxygens (including phenoxy) is 1. The van der Waals surface area contributed by atoms with Crippen molar-refractivity contribution >= 4 is 115 Å². The van der Waals surface area contributed by atoms with Crippen molar-refractivity contribution in [2.45, 2.75) is 122 Å². The van der Waals surface area contributed by atoms with Crippen LogP contribution in [0.15, 0.2) is 0 Å².